The quantitative estimate of drug-likeness (QED) is 0.370. The number of terminal acetylenes is 1. The molecule has 1 aromatic carbocycles. The highest BCUT2D eigenvalue weighted by Gasteiger charge is 2.06. The summed E-state index contributed by atoms with van der Waals surface area (Å²) in [5.41, 5.74) is 0.835. The molecule has 0 atom stereocenters. The van der Waals surface area contributed by atoms with Gasteiger partial charge in [-0.25, -0.2) is 0 Å². The molecule has 0 N–H and O–H groups in total. The van der Waals surface area contributed by atoms with Gasteiger partial charge >= 0.3 is 0 Å². The van der Waals surface area contributed by atoms with Gasteiger partial charge in [-0.1, -0.05) is 58.3 Å². The van der Waals surface area contributed by atoms with E-state index in [1.807, 2.05) is 18.2 Å². The summed E-state index contributed by atoms with van der Waals surface area (Å²) in [6, 6.07) is 5.74. The van der Waals surface area contributed by atoms with Crippen LogP contribution in [0.25, 0.3) is 0 Å². The number of ether oxygens (including phenoxy) is 2. The second-order valence-electron chi connectivity index (χ2n) is 5.62. The summed E-state index contributed by atoms with van der Waals surface area (Å²) in [6.45, 7) is 5.88. The molecule has 0 bridgehead atoms. The molecule has 0 aromatic heterocycles. The normalized spacial score (nSPS) is 10.2. The van der Waals surface area contributed by atoms with Crippen molar-refractivity contribution in [3.63, 3.8) is 0 Å². The van der Waals surface area contributed by atoms with Crippen LogP contribution in [-0.4, -0.2) is 13.2 Å². The summed E-state index contributed by atoms with van der Waals surface area (Å²) in [4.78, 5) is 0. The van der Waals surface area contributed by atoms with E-state index in [0.717, 1.165) is 43.1 Å². The lowest BCUT2D eigenvalue weighted by Gasteiger charge is -2.13. The van der Waals surface area contributed by atoms with Crippen molar-refractivity contribution < 1.29 is 9.47 Å². The van der Waals surface area contributed by atoms with Gasteiger partial charge in [0.1, 0.15) is 0 Å². The van der Waals surface area contributed by atoms with Gasteiger partial charge in [-0.05, 0) is 31.0 Å². The van der Waals surface area contributed by atoms with E-state index in [0.29, 0.717) is 0 Å². The number of benzene rings is 1. The molecular weight excluding hydrogens is 272 g/mol. The van der Waals surface area contributed by atoms with Crippen LogP contribution in [0.1, 0.15) is 70.8 Å². The summed E-state index contributed by atoms with van der Waals surface area (Å²) >= 11 is 0. The second-order valence-corrected chi connectivity index (χ2v) is 5.62. The SMILES string of the molecule is C#Cc1ccc(OCCCCCC)c(OCCCCCC)c1. The van der Waals surface area contributed by atoms with Gasteiger partial charge in [0.25, 0.3) is 0 Å². The number of unbranched alkanes of at least 4 members (excludes halogenated alkanes) is 6. The molecule has 0 fully saturated rings. The van der Waals surface area contributed by atoms with E-state index in [2.05, 4.69) is 19.8 Å². The highest BCUT2D eigenvalue weighted by Crippen LogP contribution is 2.28. The lowest BCUT2D eigenvalue weighted by molar-refractivity contribution is 0.259. The van der Waals surface area contributed by atoms with Crippen LogP contribution in [0.4, 0.5) is 0 Å². The van der Waals surface area contributed by atoms with Crippen LogP contribution in [0.5, 0.6) is 11.5 Å². The molecule has 2 heteroatoms. The number of rotatable bonds is 12. The molecule has 0 heterocycles. The second kappa shape index (κ2) is 12.0. The van der Waals surface area contributed by atoms with Crippen LogP contribution in [0.15, 0.2) is 18.2 Å². The zero-order chi connectivity index (χ0) is 16.0. The third-order valence-electron chi connectivity index (χ3n) is 3.62. The third-order valence-corrected chi connectivity index (χ3v) is 3.62. The molecule has 2 nitrogen and oxygen atoms in total. The van der Waals surface area contributed by atoms with Gasteiger partial charge in [-0.3, -0.25) is 0 Å². The highest BCUT2D eigenvalue weighted by molar-refractivity contribution is 5.47. The lowest BCUT2D eigenvalue weighted by atomic mass is 10.2. The molecule has 122 valence electrons. The standard InChI is InChI=1S/C20H30O2/c1-4-7-9-11-15-21-19-14-13-18(6-3)17-20(19)22-16-12-10-8-5-2/h3,13-14,17H,4-5,7-12,15-16H2,1-2H3. The van der Waals surface area contributed by atoms with Crippen molar-refractivity contribution in [1.29, 1.82) is 0 Å². The molecule has 1 rings (SSSR count). The monoisotopic (exact) mass is 302 g/mol. The Morgan fingerprint density at radius 2 is 1.41 bits per heavy atom. The summed E-state index contributed by atoms with van der Waals surface area (Å²) in [6.07, 6.45) is 15.0. The predicted molar refractivity (Wildman–Crippen MR) is 93.7 cm³/mol. The molecule has 22 heavy (non-hydrogen) atoms. The van der Waals surface area contributed by atoms with Crippen molar-refractivity contribution in [2.24, 2.45) is 0 Å². The Hall–Kier alpha value is -1.62. The summed E-state index contributed by atoms with van der Waals surface area (Å²) in [7, 11) is 0. The Bertz CT molecular complexity index is 446. The molecule has 0 aliphatic carbocycles. The molecule has 0 aliphatic rings. The minimum atomic E-state index is 0.722. The van der Waals surface area contributed by atoms with Crippen LogP contribution < -0.4 is 9.47 Å². The van der Waals surface area contributed by atoms with E-state index < -0.39 is 0 Å². The molecular formula is C20H30O2. The van der Waals surface area contributed by atoms with Crippen LogP contribution >= 0.6 is 0 Å². The molecule has 0 saturated carbocycles. The topological polar surface area (TPSA) is 18.5 Å². The Balaban J connectivity index is 2.49. The fourth-order valence-electron chi connectivity index (χ4n) is 2.25. The van der Waals surface area contributed by atoms with Gasteiger partial charge in [-0.2, -0.15) is 0 Å². The first-order valence-electron chi connectivity index (χ1n) is 8.68. The van der Waals surface area contributed by atoms with Crippen molar-refractivity contribution in [2.75, 3.05) is 13.2 Å². The van der Waals surface area contributed by atoms with Crippen molar-refractivity contribution >= 4 is 0 Å². The maximum absolute atomic E-state index is 5.88. The predicted octanol–water partition coefficient (Wildman–Crippen LogP) is 5.59. The van der Waals surface area contributed by atoms with E-state index in [4.69, 9.17) is 15.9 Å². The first-order chi connectivity index (χ1) is 10.8. The van der Waals surface area contributed by atoms with E-state index in [-0.39, 0.29) is 0 Å². The Labute approximate surface area is 136 Å². The van der Waals surface area contributed by atoms with Crippen molar-refractivity contribution in [3.05, 3.63) is 23.8 Å². The average Bonchev–Trinajstić information content (AvgIpc) is 2.55. The Morgan fingerprint density at radius 3 is 1.95 bits per heavy atom. The van der Waals surface area contributed by atoms with Gasteiger partial charge in [0.15, 0.2) is 11.5 Å². The van der Waals surface area contributed by atoms with E-state index in [1.54, 1.807) is 0 Å². The van der Waals surface area contributed by atoms with Crippen LogP contribution in [0.3, 0.4) is 0 Å². The molecule has 0 spiro atoms. The fraction of sp³-hybridized carbons (Fsp3) is 0.600. The molecule has 0 aliphatic heterocycles. The third kappa shape index (κ3) is 7.41. The fourth-order valence-corrected chi connectivity index (χ4v) is 2.25. The zero-order valence-corrected chi connectivity index (χ0v) is 14.2. The summed E-state index contributed by atoms with van der Waals surface area (Å²) in [5, 5.41) is 0. The smallest absolute Gasteiger partial charge is 0.162 e. The highest BCUT2D eigenvalue weighted by atomic mass is 16.5. The van der Waals surface area contributed by atoms with Crippen LogP contribution in [-0.2, 0) is 0 Å². The first-order valence-corrected chi connectivity index (χ1v) is 8.68. The molecule has 0 radical (unpaired) electrons. The average molecular weight is 302 g/mol. The maximum Gasteiger partial charge on any atom is 0.162 e. The van der Waals surface area contributed by atoms with E-state index in [9.17, 15) is 0 Å². The minimum Gasteiger partial charge on any atom is -0.490 e. The lowest BCUT2D eigenvalue weighted by Crippen LogP contribution is -2.03. The summed E-state index contributed by atoms with van der Waals surface area (Å²) < 4.78 is 11.8. The maximum atomic E-state index is 5.88. The van der Waals surface area contributed by atoms with Crippen LogP contribution in [0.2, 0.25) is 0 Å². The van der Waals surface area contributed by atoms with Gasteiger partial charge in [0.05, 0.1) is 13.2 Å². The Kier molecular flexibility index (Phi) is 10.0. The first kappa shape index (κ1) is 18.4. The number of hydrogen-bond acceptors (Lipinski definition) is 2. The molecule has 0 unspecified atom stereocenters. The van der Waals surface area contributed by atoms with Crippen molar-refractivity contribution in [3.8, 4) is 23.8 Å². The van der Waals surface area contributed by atoms with Gasteiger partial charge in [0.2, 0.25) is 0 Å². The molecule has 0 saturated heterocycles. The Morgan fingerprint density at radius 1 is 0.818 bits per heavy atom. The zero-order valence-electron chi connectivity index (χ0n) is 14.2. The molecule has 0 amide bonds. The largest absolute Gasteiger partial charge is 0.490 e. The van der Waals surface area contributed by atoms with E-state index >= 15 is 0 Å². The van der Waals surface area contributed by atoms with E-state index in [1.165, 1.54) is 38.5 Å². The van der Waals surface area contributed by atoms with Gasteiger partial charge in [-0.15, -0.1) is 6.42 Å². The van der Waals surface area contributed by atoms with Crippen molar-refractivity contribution in [2.45, 2.75) is 65.2 Å². The van der Waals surface area contributed by atoms with Gasteiger partial charge in [0, 0.05) is 5.56 Å². The van der Waals surface area contributed by atoms with Gasteiger partial charge < -0.3 is 9.47 Å². The summed E-state index contributed by atoms with van der Waals surface area (Å²) in [5.74, 6) is 4.24. The molecule has 1 aromatic rings. The van der Waals surface area contributed by atoms with Crippen molar-refractivity contribution in [1.82, 2.24) is 0 Å². The minimum absolute atomic E-state index is 0.722. The van der Waals surface area contributed by atoms with Crippen LogP contribution in [0, 0.1) is 12.3 Å². The number of hydrogen-bond donors (Lipinski definition) is 0.